The van der Waals surface area contributed by atoms with Gasteiger partial charge < -0.3 is 39.5 Å². The second kappa shape index (κ2) is 25.0. The van der Waals surface area contributed by atoms with E-state index in [9.17, 15) is 42.9 Å². The van der Waals surface area contributed by atoms with Gasteiger partial charge in [-0.15, -0.1) is 0 Å². The number of carbonyl (C=O) groups is 3. The van der Waals surface area contributed by atoms with Gasteiger partial charge in [-0.3, -0.25) is 4.99 Å². The minimum Gasteiger partial charge on any atom is -0.478 e. The predicted octanol–water partition coefficient (Wildman–Crippen LogP) is 18.9. The largest absolute Gasteiger partial charge is 0.478 e. The fourth-order valence-electron chi connectivity index (χ4n) is 10.9. The van der Waals surface area contributed by atoms with Gasteiger partial charge in [-0.2, -0.15) is 4.39 Å². The number of halogens is 3. The SMILES string of the molecule is CCc1ccc2c(C3CC3)cc(Oc3ccc(-c4c[nH]cc4F)cc3C(=O)O)cc2c1.O=C(O)c1cc(-c2c[nH]cc2F)ccc1Oc1cc(C2CC2)c2ccccc2c1.O=C(O)c1cc(C2=CCN=C2F)ccc1Oc1ccc(-c2ccccc2)cc1. The van der Waals surface area contributed by atoms with Crippen molar-refractivity contribution in [1.82, 2.24) is 9.97 Å². The molecule has 3 heterocycles. The van der Waals surface area contributed by atoms with Crippen molar-refractivity contribution in [3.05, 3.63) is 257 Å². The number of allylic oxidation sites excluding steroid dienone is 1. The molecule has 9 aromatic carbocycles. The minimum absolute atomic E-state index is 0.00604. The molecule has 14 rings (SSSR count). The molecule has 0 spiro atoms. The van der Waals surface area contributed by atoms with E-state index in [-0.39, 0.29) is 40.5 Å². The summed E-state index contributed by atoms with van der Waals surface area (Å²) in [7, 11) is 0. The number of aromatic carboxylic acids is 3. The van der Waals surface area contributed by atoms with Gasteiger partial charge in [-0.1, -0.05) is 116 Å². The predicted molar refractivity (Wildman–Crippen MR) is 334 cm³/mol. The van der Waals surface area contributed by atoms with Gasteiger partial charge in [-0.25, -0.2) is 23.2 Å². The molecule has 88 heavy (non-hydrogen) atoms. The van der Waals surface area contributed by atoms with Crippen molar-refractivity contribution in [3.63, 3.8) is 0 Å². The van der Waals surface area contributed by atoms with Gasteiger partial charge in [0.25, 0.3) is 0 Å². The van der Waals surface area contributed by atoms with Gasteiger partial charge in [0.15, 0.2) is 0 Å². The quantitative estimate of drug-likeness (QED) is 0.0628. The van der Waals surface area contributed by atoms with Crippen molar-refractivity contribution >= 4 is 51.0 Å². The Kier molecular flexibility index (Phi) is 16.3. The summed E-state index contributed by atoms with van der Waals surface area (Å²) in [5.41, 5.74) is 8.16. The monoisotopic (exact) mass is 1180 g/mol. The summed E-state index contributed by atoms with van der Waals surface area (Å²) in [6, 6.07) is 53.8. The number of carboxylic acid groups (broad SMARTS) is 3. The zero-order valence-electron chi connectivity index (χ0n) is 47.4. The van der Waals surface area contributed by atoms with Crippen LogP contribution in [-0.4, -0.2) is 55.7 Å². The molecule has 15 heteroatoms. The Morgan fingerprint density at radius 3 is 1.43 bits per heavy atom. The van der Waals surface area contributed by atoms with E-state index in [2.05, 4.69) is 46.1 Å². The van der Waals surface area contributed by atoms with E-state index in [1.807, 2.05) is 84.9 Å². The van der Waals surface area contributed by atoms with Crippen LogP contribution in [0.1, 0.15) is 97.8 Å². The number of H-pyrrole nitrogens is 2. The van der Waals surface area contributed by atoms with Crippen LogP contribution < -0.4 is 14.2 Å². The molecule has 0 radical (unpaired) electrons. The van der Waals surface area contributed by atoms with Crippen molar-refractivity contribution in [2.24, 2.45) is 4.99 Å². The normalized spacial score (nSPS) is 13.4. The van der Waals surface area contributed by atoms with Gasteiger partial charge in [0, 0.05) is 41.5 Å². The summed E-state index contributed by atoms with van der Waals surface area (Å²) in [5, 5.41) is 33.6. The Hall–Kier alpha value is -10.9. The summed E-state index contributed by atoms with van der Waals surface area (Å²) in [4.78, 5) is 44.5. The van der Waals surface area contributed by atoms with Gasteiger partial charge in [0.1, 0.15) is 62.8 Å². The zero-order chi connectivity index (χ0) is 61.0. The van der Waals surface area contributed by atoms with E-state index in [0.29, 0.717) is 62.5 Å². The van der Waals surface area contributed by atoms with Crippen molar-refractivity contribution in [1.29, 1.82) is 0 Å². The highest BCUT2D eigenvalue weighted by Crippen LogP contribution is 2.47. The number of hydrogen-bond donors (Lipinski definition) is 5. The van der Waals surface area contributed by atoms with E-state index in [1.54, 1.807) is 48.5 Å². The minimum atomic E-state index is -1.14. The molecular weight excluding hydrogens is 1120 g/mol. The molecule has 2 saturated carbocycles. The molecule has 3 aliphatic rings. The van der Waals surface area contributed by atoms with Gasteiger partial charge in [0.05, 0.1) is 6.54 Å². The van der Waals surface area contributed by atoms with E-state index in [4.69, 9.17) is 14.2 Å². The number of aliphatic imine (C=N–C) groups is 1. The number of benzene rings is 9. The first-order chi connectivity index (χ1) is 42.7. The Bertz CT molecular complexity index is 4540. The summed E-state index contributed by atoms with van der Waals surface area (Å²) >= 11 is 0. The van der Waals surface area contributed by atoms with Crippen LogP contribution in [0.4, 0.5) is 13.2 Å². The van der Waals surface area contributed by atoms with Crippen LogP contribution >= 0.6 is 0 Å². The van der Waals surface area contributed by atoms with Crippen LogP contribution in [0.5, 0.6) is 34.5 Å². The molecule has 1 aliphatic heterocycles. The second-order valence-corrected chi connectivity index (χ2v) is 21.6. The number of nitrogens with zero attached hydrogens (tertiary/aromatic N) is 1. The maximum absolute atomic E-state index is 13.9. The molecule has 2 aromatic heterocycles. The molecule has 438 valence electrons. The fourth-order valence-corrected chi connectivity index (χ4v) is 10.9. The van der Waals surface area contributed by atoms with Gasteiger partial charge in [0.2, 0.25) is 5.97 Å². The molecule has 5 N–H and O–H groups in total. The summed E-state index contributed by atoms with van der Waals surface area (Å²) in [6.45, 7) is 2.38. The number of carboxylic acids is 3. The van der Waals surface area contributed by atoms with Crippen molar-refractivity contribution in [2.45, 2.75) is 50.9 Å². The number of ether oxygens (including phenoxy) is 3. The third-order valence-electron chi connectivity index (χ3n) is 15.7. The van der Waals surface area contributed by atoms with Crippen molar-refractivity contribution < 1.29 is 57.1 Å². The Morgan fingerprint density at radius 1 is 0.477 bits per heavy atom. The number of aromatic nitrogens is 2. The van der Waals surface area contributed by atoms with Crippen LogP contribution in [-0.2, 0) is 6.42 Å². The zero-order valence-corrected chi connectivity index (χ0v) is 47.4. The van der Waals surface area contributed by atoms with Crippen LogP contribution in [0.2, 0.25) is 0 Å². The molecule has 2 fully saturated rings. The van der Waals surface area contributed by atoms with E-state index in [1.165, 1.54) is 76.5 Å². The molecule has 11 aromatic rings. The Labute approximate surface area is 503 Å². The highest BCUT2D eigenvalue weighted by Gasteiger charge is 2.28. The highest BCUT2D eigenvalue weighted by atomic mass is 19.1. The van der Waals surface area contributed by atoms with Crippen LogP contribution in [0, 0.1) is 11.6 Å². The average molecular weight is 1180 g/mol. The molecule has 12 nitrogen and oxygen atoms in total. The molecular formula is C73H56F3N3O9. The molecule has 0 unspecified atom stereocenters. The standard InChI is InChI=1S/C26H22FNO3.C24H18FNO3.C23H16FNO3/c1-2-15-3-7-20-18(9-15)10-19(12-21(20)16-4-5-16)31-25-8-6-17(11-22(25)26(29)30)23-13-28-14-24(23)27;25-22-13-26-12-21(22)16-7-8-23(20(10-16)24(27)28)29-17-9-15-3-1-2-4-18(15)19(11-17)14-5-6-14;24-22-19(12-13-25-22)17-8-11-21(20(14-17)23(26)27)28-18-9-6-16(7-10-18)15-4-2-1-3-5-15/h3,6-14,16,28H,2,4-5H2,1H3,(H,29,30);1-4,7-14,26H,5-6H2,(H,27,28);1-12,14H,13H2,(H,26,27). The maximum Gasteiger partial charge on any atom is 0.339 e. The van der Waals surface area contributed by atoms with Crippen LogP contribution in [0.3, 0.4) is 0 Å². The third-order valence-corrected chi connectivity index (χ3v) is 15.7. The molecule has 0 atom stereocenters. The first-order valence-electron chi connectivity index (χ1n) is 28.7. The number of hydrogen-bond acceptors (Lipinski definition) is 7. The van der Waals surface area contributed by atoms with Crippen molar-refractivity contribution in [2.75, 3.05) is 6.54 Å². The summed E-state index contributed by atoms with van der Waals surface area (Å²) in [5.74, 6) is -1.38. The van der Waals surface area contributed by atoms with Crippen LogP contribution in [0.15, 0.2) is 212 Å². The van der Waals surface area contributed by atoms with Crippen LogP contribution in [0.25, 0.3) is 60.5 Å². The lowest BCUT2D eigenvalue weighted by Crippen LogP contribution is -2.02. The summed E-state index contributed by atoms with van der Waals surface area (Å²) < 4.78 is 59.4. The van der Waals surface area contributed by atoms with E-state index < -0.39 is 35.5 Å². The highest BCUT2D eigenvalue weighted by molar-refractivity contribution is 6.21. The number of nitrogens with one attached hydrogen (secondary N) is 2. The first kappa shape index (κ1) is 57.5. The van der Waals surface area contributed by atoms with E-state index in [0.717, 1.165) is 54.0 Å². The molecule has 2 aliphatic carbocycles. The smallest absolute Gasteiger partial charge is 0.339 e. The lowest BCUT2D eigenvalue weighted by atomic mass is 9.98. The van der Waals surface area contributed by atoms with Gasteiger partial charge >= 0.3 is 17.9 Å². The average Bonchev–Trinajstić information content (AvgIpc) is 2.58. The van der Waals surface area contributed by atoms with Crippen molar-refractivity contribution in [3.8, 4) is 67.9 Å². The molecule has 0 saturated heterocycles. The maximum atomic E-state index is 13.9. The number of aryl methyl sites for hydroxylation is 1. The lowest BCUT2D eigenvalue weighted by Gasteiger charge is -2.14. The number of rotatable bonds is 16. The molecule has 0 bridgehead atoms. The summed E-state index contributed by atoms with van der Waals surface area (Å²) in [6.07, 6.45) is 12.7. The van der Waals surface area contributed by atoms with Gasteiger partial charge in [-0.05, 0) is 183 Å². The third kappa shape index (κ3) is 12.7. The molecule has 0 amide bonds. The number of aromatic amines is 2. The van der Waals surface area contributed by atoms with E-state index >= 15 is 0 Å². The fraction of sp³-hybridized carbons (Fsp3) is 0.123. The first-order valence-corrected chi connectivity index (χ1v) is 28.7. The lowest BCUT2D eigenvalue weighted by molar-refractivity contribution is 0.0683. The second-order valence-electron chi connectivity index (χ2n) is 21.6. The Balaban J connectivity index is 0.000000129. The topological polar surface area (TPSA) is 184 Å². The Morgan fingerprint density at radius 2 is 0.943 bits per heavy atom. The number of fused-ring (bicyclic) bond motifs is 2.